The van der Waals surface area contributed by atoms with Crippen molar-refractivity contribution >= 4 is 33.6 Å². The second kappa shape index (κ2) is 7.36. The lowest BCUT2D eigenvalue weighted by Gasteiger charge is -2.19. The highest BCUT2D eigenvalue weighted by Crippen LogP contribution is 2.25. The van der Waals surface area contributed by atoms with Crippen LogP contribution in [0.25, 0.3) is 5.69 Å². The zero-order chi connectivity index (χ0) is 17.0. The summed E-state index contributed by atoms with van der Waals surface area (Å²) < 4.78 is 7.99. The third-order valence-corrected chi connectivity index (χ3v) is 4.18. The van der Waals surface area contributed by atoms with Gasteiger partial charge in [0.25, 0.3) is 0 Å². The molecule has 5 nitrogen and oxygen atoms in total. The molecule has 0 fully saturated rings. The minimum Gasteiger partial charge on any atom is -0.444 e. The molecule has 0 spiro atoms. The van der Waals surface area contributed by atoms with Crippen molar-refractivity contribution < 1.29 is 9.53 Å². The highest BCUT2D eigenvalue weighted by atomic mass is 79.9. The number of hydrogen-bond acceptors (Lipinski definition) is 3. The number of aromatic nitrogens is 2. The van der Waals surface area contributed by atoms with Gasteiger partial charge >= 0.3 is 6.09 Å². The predicted octanol–water partition coefficient (Wildman–Crippen LogP) is 4.36. The van der Waals surface area contributed by atoms with Crippen molar-refractivity contribution in [2.24, 2.45) is 0 Å². The van der Waals surface area contributed by atoms with E-state index in [1.165, 1.54) is 0 Å². The van der Waals surface area contributed by atoms with E-state index in [0.717, 1.165) is 15.9 Å². The molecule has 2 aromatic rings. The van der Waals surface area contributed by atoms with E-state index >= 15 is 0 Å². The van der Waals surface area contributed by atoms with Crippen LogP contribution in [-0.4, -0.2) is 27.8 Å². The number of carbonyl (C=O) groups excluding carboxylic acids is 1. The quantitative estimate of drug-likeness (QED) is 0.830. The fraction of sp³-hybridized carbons (Fsp3) is 0.375. The van der Waals surface area contributed by atoms with Crippen LogP contribution in [0.2, 0.25) is 5.02 Å². The van der Waals surface area contributed by atoms with E-state index in [4.69, 9.17) is 16.3 Å². The monoisotopic (exact) mass is 399 g/mol. The first-order valence-electron chi connectivity index (χ1n) is 7.20. The van der Waals surface area contributed by atoms with Crippen LogP contribution < -0.4 is 5.32 Å². The van der Waals surface area contributed by atoms with Crippen LogP contribution in [0.5, 0.6) is 0 Å². The molecule has 124 valence electrons. The normalized spacial score (nSPS) is 11.3. The van der Waals surface area contributed by atoms with Crippen LogP contribution in [0.4, 0.5) is 4.79 Å². The fourth-order valence-electron chi connectivity index (χ4n) is 1.98. The van der Waals surface area contributed by atoms with E-state index in [2.05, 4.69) is 26.2 Å². The number of rotatable bonds is 4. The SMILES string of the molecule is CC(C)(C)OC(=O)NCCc1cncn1-c1ccc(Br)c(Cl)c1. The third-order valence-electron chi connectivity index (χ3n) is 2.95. The van der Waals surface area contributed by atoms with Crippen LogP contribution in [0.1, 0.15) is 26.5 Å². The van der Waals surface area contributed by atoms with Gasteiger partial charge in [0, 0.05) is 35.0 Å². The number of ether oxygens (including phenoxy) is 1. The molecule has 0 aliphatic rings. The van der Waals surface area contributed by atoms with Crippen molar-refractivity contribution in [3.8, 4) is 5.69 Å². The number of amides is 1. The van der Waals surface area contributed by atoms with E-state index in [9.17, 15) is 4.79 Å². The summed E-state index contributed by atoms with van der Waals surface area (Å²) in [5.74, 6) is 0. The molecule has 1 aromatic heterocycles. The van der Waals surface area contributed by atoms with Gasteiger partial charge < -0.3 is 14.6 Å². The van der Waals surface area contributed by atoms with Crippen molar-refractivity contribution in [2.45, 2.75) is 32.8 Å². The molecular formula is C16H19BrClN3O2. The summed E-state index contributed by atoms with van der Waals surface area (Å²) in [6, 6.07) is 5.70. The molecule has 0 radical (unpaired) electrons. The summed E-state index contributed by atoms with van der Waals surface area (Å²) in [6.45, 7) is 5.96. The van der Waals surface area contributed by atoms with E-state index in [1.54, 1.807) is 12.5 Å². The molecule has 1 heterocycles. The van der Waals surface area contributed by atoms with Gasteiger partial charge in [-0.05, 0) is 54.9 Å². The maximum Gasteiger partial charge on any atom is 0.407 e. The van der Waals surface area contributed by atoms with Gasteiger partial charge in [-0.3, -0.25) is 0 Å². The van der Waals surface area contributed by atoms with Crippen LogP contribution in [0.3, 0.4) is 0 Å². The number of benzene rings is 1. The number of carbonyl (C=O) groups is 1. The molecule has 0 atom stereocenters. The van der Waals surface area contributed by atoms with Gasteiger partial charge in [0.15, 0.2) is 0 Å². The summed E-state index contributed by atoms with van der Waals surface area (Å²) in [5.41, 5.74) is 1.39. The van der Waals surface area contributed by atoms with Crippen molar-refractivity contribution in [2.75, 3.05) is 6.54 Å². The number of alkyl carbamates (subject to hydrolysis) is 1. The van der Waals surface area contributed by atoms with Crippen LogP contribution in [0, 0.1) is 0 Å². The lowest BCUT2D eigenvalue weighted by atomic mass is 10.2. The van der Waals surface area contributed by atoms with Crippen LogP contribution in [0.15, 0.2) is 35.2 Å². The largest absolute Gasteiger partial charge is 0.444 e. The Morgan fingerprint density at radius 3 is 2.83 bits per heavy atom. The topological polar surface area (TPSA) is 56.1 Å². The third kappa shape index (κ3) is 5.25. The molecule has 0 bridgehead atoms. The number of halogens is 2. The average molecular weight is 401 g/mol. The highest BCUT2D eigenvalue weighted by Gasteiger charge is 2.15. The molecule has 1 amide bonds. The summed E-state index contributed by atoms with van der Waals surface area (Å²) in [4.78, 5) is 15.8. The first kappa shape index (κ1) is 17.8. The molecule has 23 heavy (non-hydrogen) atoms. The molecule has 1 aromatic carbocycles. The highest BCUT2D eigenvalue weighted by molar-refractivity contribution is 9.10. The minimum atomic E-state index is -0.500. The molecule has 1 N–H and O–H groups in total. The molecular weight excluding hydrogens is 382 g/mol. The second-order valence-electron chi connectivity index (χ2n) is 6.03. The maximum absolute atomic E-state index is 11.6. The van der Waals surface area contributed by atoms with Crippen LogP contribution >= 0.6 is 27.5 Å². The Bertz CT molecular complexity index is 695. The minimum absolute atomic E-state index is 0.421. The summed E-state index contributed by atoms with van der Waals surface area (Å²) in [5, 5.41) is 3.37. The van der Waals surface area contributed by atoms with Gasteiger partial charge in [-0.2, -0.15) is 0 Å². The van der Waals surface area contributed by atoms with Gasteiger partial charge in [-0.1, -0.05) is 11.6 Å². The Morgan fingerprint density at radius 1 is 1.43 bits per heavy atom. The molecule has 0 saturated heterocycles. The molecule has 0 unspecified atom stereocenters. The van der Waals surface area contributed by atoms with Crippen LogP contribution in [-0.2, 0) is 11.2 Å². The Labute approximate surface area is 149 Å². The summed E-state index contributed by atoms with van der Waals surface area (Å²) >= 11 is 9.51. The lowest BCUT2D eigenvalue weighted by Crippen LogP contribution is -2.33. The number of hydrogen-bond donors (Lipinski definition) is 1. The molecule has 0 saturated carbocycles. The van der Waals surface area contributed by atoms with Crippen molar-refractivity contribution in [3.63, 3.8) is 0 Å². The maximum atomic E-state index is 11.6. The Kier molecular flexibility index (Phi) is 5.70. The van der Waals surface area contributed by atoms with Gasteiger partial charge in [0.05, 0.1) is 11.3 Å². The summed E-state index contributed by atoms with van der Waals surface area (Å²) in [7, 11) is 0. The Morgan fingerprint density at radius 2 is 2.17 bits per heavy atom. The molecule has 0 aliphatic carbocycles. The standard InChI is InChI=1S/C16H19BrClN3O2/c1-16(2,3)23-15(22)20-7-6-12-9-19-10-21(12)11-4-5-13(17)14(18)8-11/h4-5,8-10H,6-7H2,1-3H3,(H,20,22). The first-order chi connectivity index (χ1) is 10.8. The van der Waals surface area contributed by atoms with E-state index in [-0.39, 0.29) is 0 Å². The smallest absolute Gasteiger partial charge is 0.407 e. The number of nitrogens with one attached hydrogen (secondary N) is 1. The van der Waals surface area contributed by atoms with Gasteiger partial charge in [-0.25, -0.2) is 9.78 Å². The second-order valence-corrected chi connectivity index (χ2v) is 7.29. The van der Waals surface area contributed by atoms with Crippen molar-refractivity contribution in [1.82, 2.24) is 14.9 Å². The Balaban J connectivity index is 1.99. The van der Waals surface area contributed by atoms with Gasteiger partial charge in [0.2, 0.25) is 0 Å². The number of nitrogens with zero attached hydrogens (tertiary/aromatic N) is 2. The van der Waals surface area contributed by atoms with Crippen molar-refractivity contribution in [1.29, 1.82) is 0 Å². The van der Waals surface area contributed by atoms with E-state index < -0.39 is 11.7 Å². The predicted molar refractivity (Wildman–Crippen MR) is 94.2 cm³/mol. The van der Waals surface area contributed by atoms with E-state index in [0.29, 0.717) is 18.0 Å². The van der Waals surface area contributed by atoms with Gasteiger partial charge in [0.1, 0.15) is 5.60 Å². The zero-order valence-electron chi connectivity index (χ0n) is 13.3. The molecule has 7 heteroatoms. The fourth-order valence-corrected chi connectivity index (χ4v) is 2.40. The van der Waals surface area contributed by atoms with Gasteiger partial charge in [-0.15, -0.1) is 0 Å². The summed E-state index contributed by atoms with van der Waals surface area (Å²) in [6.07, 6.45) is 3.71. The molecule has 2 rings (SSSR count). The van der Waals surface area contributed by atoms with E-state index in [1.807, 2.05) is 43.5 Å². The number of imidazole rings is 1. The zero-order valence-corrected chi connectivity index (χ0v) is 15.6. The molecule has 0 aliphatic heterocycles. The Hall–Kier alpha value is -1.53. The lowest BCUT2D eigenvalue weighted by molar-refractivity contribution is 0.0528. The first-order valence-corrected chi connectivity index (χ1v) is 8.37. The van der Waals surface area contributed by atoms with Crippen molar-refractivity contribution in [3.05, 3.63) is 45.9 Å². The average Bonchev–Trinajstić information content (AvgIpc) is 2.88.